The van der Waals surface area contributed by atoms with Crippen LogP contribution in [-0.4, -0.2) is 5.91 Å². The second-order valence-corrected chi connectivity index (χ2v) is 5.02. The van der Waals surface area contributed by atoms with Crippen LogP contribution in [0.1, 0.15) is 10.4 Å². The molecule has 0 heterocycles. The largest absolute Gasteiger partial charge is 0.365 e. The number of nitrogens with two attached hydrogens (primary N) is 1. The van der Waals surface area contributed by atoms with E-state index in [0.717, 1.165) is 9.64 Å². The Hall–Kier alpha value is -1.70. The number of hydrogen-bond acceptors (Lipinski definition) is 2. The molecule has 0 atom stereocenters. The molecule has 0 saturated carbocycles. The zero-order valence-corrected chi connectivity index (χ0v) is 11.7. The van der Waals surface area contributed by atoms with Gasteiger partial charge in [0.1, 0.15) is 11.6 Å². The Morgan fingerprint density at radius 3 is 2.47 bits per heavy atom. The highest BCUT2D eigenvalue weighted by molar-refractivity contribution is 14.1. The van der Waals surface area contributed by atoms with Crippen molar-refractivity contribution in [3.8, 4) is 0 Å². The third-order valence-corrected chi connectivity index (χ3v) is 3.13. The number of anilines is 2. The quantitative estimate of drug-likeness (QED) is 0.810. The first kappa shape index (κ1) is 13.7. The van der Waals surface area contributed by atoms with Crippen LogP contribution < -0.4 is 11.1 Å². The zero-order chi connectivity index (χ0) is 14.0. The van der Waals surface area contributed by atoms with Crippen molar-refractivity contribution in [1.29, 1.82) is 0 Å². The summed E-state index contributed by atoms with van der Waals surface area (Å²) >= 11 is 1.97. The van der Waals surface area contributed by atoms with E-state index in [-0.39, 0.29) is 16.9 Å². The number of carbonyl (C=O) groups excluding carboxylic acids is 1. The van der Waals surface area contributed by atoms with Crippen molar-refractivity contribution >= 4 is 39.9 Å². The Bertz CT molecular complexity index is 647. The minimum atomic E-state index is -0.911. The van der Waals surface area contributed by atoms with Crippen LogP contribution in [0.25, 0.3) is 0 Å². The van der Waals surface area contributed by atoms with Crippen molar-refractivity contribution in [2.24, 2.45) is 5.73 Å². The van der Waals surface area contributed by atoms with Gasteiger partial charge in [-0.25, -0.2) is 8.78 Å². The molecule has 0 bridgehead atoms. The summed E-state index contributed by atoms with van der Waals surface area (Å²) in [6, 6.07) is 8.51. The van der Waals surface area contributed by atoms with Crippen molar-refractivity contribution in [3.63, 3.8) is 0 Å². The molecule has 2 rings (SSSR count). The van der Waals surface area contributed by atoms with E-state index in [2.05, 4.69) is 5.32 Å². The molecule has 2 aromatic rings. The molecule has 0 aliphatic rings. The molecule has 0 fully saturated rings. The average molecular weight is 374 g/mol. The van der Waals surface area contributed by atoms with Crippen LogP contribution in [-0.2, 0) is 0 Å². The fourth-order valence-corrected chi connectivity index (χ4v) is 2.07. The fraction of sp³-hybridized carbons (Fsp3) is 0. The van der Waals surface area contributed by atoms with Crippen LogP contribution in [0.4, 0.5) is 20.2 Å². The predicted octanol–water partition coefficient (Wildman–Crippen LogP) is 3.41. The highest BCUT2D eigenvalue weighted by Gasteiger charge is 2.15. The zero-order valence-electron chi connectivity index (χ0n) is 9.58. The van der Waals surface area contributed by atoms with Gasteiger partial charge in [0.2, 0.25) is 0 Å². The van der Waals surface area contributed by atoms with E-state index in [1.807, 2.05) is 22.6 Å². The summed E-state index contributed by atoms with van der Waals surface area (Å²) in [5.74, 6) is -2.15. The molecule has 2 aromatic carbocycles. The second-order valence-electron chi connectivity index (χ2n) is 3.78. The Balaban J connectivity index is 2.44. The van der Waals surface area contributed by atoms with Gasteiger partial charge in [-0.2, -0.15) is 0 Å². The van der Waals surface area contributed by atoms with E-state index in [0.29, 0.717) is 0 Å². The van der Waals surface area contributed by atoms with Gasteiger partial charge in [-0.3, -0.25) is 4.79 Å². The van der Waals surface area contributed by atoms with E-state index >= 15 is 0 Å². The van der Waals surface area contributed by atoms with Crippen LogP contribution in [0.3, 0.4) is 0 Å². The van der Waals surface area contributed by atoms with Crippen molar-refractivity contribution in [2.75, 3.05) is 5.32 Å². The molecule has 0 unspecified atom stereocenters. The lowest BCUT2D eigenvalue weighted by atomic mass is 10.1. The number of rotatable bonds is 3. The van der Waals surface area contributed by atoms with Crippen molar-refractivity contribution in [2.45, 2.75) is 0 Å². The van der Waals surface area contributed by atoms with Gasteiger partial charge in [0, 0.05) is 3.57 Å². The summed E-state index contributed by atoms with van der Waals surface area (Å²) in [6.07, 6.45) is 0. The van der Waals surface area contributed by atoms with Gasteiger partial charge in [0.05, 0.1) is 16.9 Å². The van der Waals surface area contributed by atoms with Crippen LogP contribution in [0.15, 0.2) is 36.4 Å². The smallest absolute Gasteiger partial charge is 0.253 e. The van der Waals surface area contributed by atoms with Gasteiger partial charge in [0.25, 0.3) is 5.91 Å². The number of halogens is 3. The first-order valence-electron chi connectivity index (χ1n) is 5.29. The summed E-state index contributed by atoms with van der Waals surface area (Å²) in [4.78, 5) is 11.2. The summed E-state index contributed by atoms with van der Waals surface area (Å²) in [5.41, 5.74) is 5.10. The minimum Gasteiger partial charge on any atom is -0.365 e. The molecule has 6 heteroatoms. The lowest BCUT2D eigenvalue weighted by molar-refractivity contribution is 0.0997. The number of nitrogens with one attached hydrogen (secondary N) is 1. The Morgan fingerprint density at radius 1 is 1.11 bits per heavy atom. The van der Waals surface area contributed by atoms with Crippen LogP contribution >= 0.6 is 22.6 Å². The molecule has 19 heavy (non-hydrogen) atoms. The number of amides is 1. The molecule has 3 N–H and O–H groups in total. The maximum Gasteiger partial charge on any atom is 0.253 e. The number of benzene rings is 2. The first-order chi connectivity index (χ1) is 8.99. The molecular weight excluding hydrogens is 365 g/mol. The van der Waals surface area contributed by atoms with Gasteiger partial charge in [-0.05, 0) is 52.9 Å². The second kappa shape index (κ2) is 5.52. The average Bonchev–Trinajstić information content (AvgIpc) is 2.32. The van der Waals surface area contributed by atoms with E-state index in [1.165, 1.54) is 24.3 Å². The molecular formula is C13H9F2IN2O. The van der Waals surface area contributed by atoms with Crippen LogP contribution in [0.2, 0.25) is 0 Å². The molecule has 1 amide bonds. The number of primary amides is 1. The monoisotopic (exact) mass is 374 g/mol. The predicted molar refractivity (Wildman–Crippen MR) is 77.3 cm³/mol. The number of carbonyl (C=O) groups is 1. The Labute approximate surface area is 121 Å². The van der Waals surface area contributed by atoms with E-state index < -0.39 is 17.5 Å². The van der Waals surface area contributed by atoms with E-state index in [9.17, 15) is 13.6 Å². The Kier molecular flexibility index (Phi) is 3.98. The van der Waals surface area contributed by atoms with E-state index in [1.54, 1.807) is 6.07 Å². The lowest BCUT2D eigenvalue weighted by Gasteiger charge is -2.11. The number of hydrogen-bond donors (Lipinski definition) is 2. The van der Waals surface area contributed by atoms with Gasteiger partial charge in [0.15, 0.2) is 0 Å². The van der Waals surface area contributed by atoms with E-state index in [4.69, 9.17) is 5.73 Å². The van der Waals surface area contributed by atoms with Gasteiger partial charge in [-0.1, -0.05) is 6.07 Å². The molecule has 98 valence electrons. The molecule has 0 spiro atoms. The van der Waals surface area contributed by atoms with Crippen LogP contribution in [0.5, 0.6) is 0 Å². The first-order valence-corrected chi connectivity index (χ1v) is 6.37. The highest BCUT2D eigenvalue weighted by atomic mass is 127. The van der Waals surface area contributed by atoms with Crippen LogP contribution in [0, 0.1) is 15.2 Å². The summed E-state index contributed by atoms with van der Waals surface area (Å²) < 4.78 is 28.0. The third-order valence-electron chi connectivity index (χ3n) is 2.46. The van der Waals surface area contributed by atoms with Crippen molar-refractivity contribution < 1.29 is 13.6 Å². The normalized spacial score (nSPS) is 10.3. The maximum absolute atomic E-state index is 13.7. The van der Waals surface area contributed by atoms with Gasteiger partial charge >= 0.3 is 0 Å². The Morgan fingerprint density at radius 2 is 1.84 bits per heavy atom. The highest BCUT2D eigenvalue weighted by Crippen LogP contribution is 2.25. The summed E-state index contributed by atoms with van der Waals surface area (Å²) in [5, 5.41) is 2.67. The molecule has 0 aliphatic carbocycles. The lowest BCUT2D eigenvalue weighted by Crippen LogP contribution is -2.15. The fourth-order valence-electron chi connectivity index (χ4n) is 1.61. The summed E-state index contributed by atoms with van der Waals surface area (Å²) in [7, 11) is 0. The van der Waals surface area contributed by atoms with Crippen molar-refractivity contribution in [1.82, 2.24) is 0 Å². The molecule has 0 aromatic heterocycles. The van der Waals surface area contributed by atoms with Gasteiger partial charge < -0.3 is 11.1 Å². The molecule has 0 radical (unpaired) electrons. The van der Waals surface area contributed by atoms with Gasteiger partial charge in [-0.15, -0.1) is 0 Å². The summed E-state index contributed by atoms with van der Waals surface area (Å²) in [6.45, 7) is 0. The molecule has 0 saturated heterocycles. The molecule has 0 aliphatic heterocycles. The minimum absolute atomic E-state index is 0.132. The maximum atomic E-state index is 13.7. The SMILES string of the molecule is NC(=O)c1c(F)cccc1Nc1ccc(I)cc1F. The topological polar surface area (TPSA) is 55.1 Å². The van der Waals surface area contributed by atoms with Crippen molar-refractivity contribution in [3.05, 3.63) is 57.2 Å². The molecule has 3 nitrogen and oxygen atoms in total. The third kappa shape index (κ3) is 3.01. The standard InChI is InChI=1S/C13H9F2IN2O/c14-8-2-1-3-11(12(8)13(17)19)18-10-5-4-7(16)6-9(10)15/h1-6,18H,(H2,17,19).